The number of carbonyl (C=O) groups excluding carboxylic acids is 1. The Morgan fingerprint density at radius 1 is 1.00 bits per heavy atom. The van der Waals surface area contributed by atoms with Gasteiger partial charge >= 0.3 is 5.97 Å². The van der Waals surface area contributed by atoms with E-state index in [2.05, 4.69) is 24.3 Å². The number of benzene rings is 2. The SMILES string of the molecule is CCOC(=O)c1sc(-c2ccc(-c3ccccc3)cc2)cc1N. The van der Waals surface area contributed by atoms with Crippen LogP contribution >= 0.6 is 11.3 Å². The molecular formula is C19H17NO2S. The highest BCUT2D eigenvalue weighted by Crippen LogP contribution is 2.34. The van der Waals surface area contributed by atoms with Crippen LogP contribution in [-0.2, 0) is 4.74 Å². The van der Waals surface area contributed by atoms with E-state index >= 15 is 0 Å². The van der Waals surface area contributed by atoms with Crippen LogP contribution in [0.5, 0.6) is 0 Å². The first kappa shape index (κ1) is 15.3. The summed E-state index contributed by atoms with van der Waals surface area (Å²) in [4.78, 5) is 13.3. The molecule has 0 unspecified atom stereocenters. The molecule has 0 amide bonds. The number of ether oxygens (including phenoxy) is 1. The molecule has 4 heteroatoms. The fraction of sp³-hybridized carbons (Fsp3) is 0.105. The first-order chi connectivity index (χ1) is 11.2. The predicted octanol–water partition coefficient (Wildman–Crippen LogP) is 4.84. The number of esters is 1. The highest BCUT2D eigenvalue weighted by Gasteiger charge is 2.16. The molecule has 0 aliphatic carbocycles. The highest BCUT2D eigenvalue weighted by atomic mass is 32.1. The minimum absolute atomic E-state index is 0.345. The first-order valence-corrected chi connectivity index (χ1v) is 8.23. The number of hydrogen-bond acceptors (Lipinski definition) is 4. The quantitative estimate of drug-likeness (QED) is 0.699. The van der Waals surface area contributed by atoms with Gasteiger partial charge in [-0.1, -0.05) is 54.6 Å². The molecule has 2 N–H and O–H groups in total. The third kappa shape index (κ3) is 3.27. The van der Waals surface area contributed by atoms with E-state index < -0.39 is 0 Å². The lowest BCUT2D eigenvalue weighted by Crippen LogP contribution is -2.04. The molecule has 116 valence electrons. The van der Waals surface area contributed by atoms with Crippen LogP contribution in [0.25, 0.3) is 21.6 Å². The summed E-state index contributed by atoms with van der Waals surface area (Å²) in [5.74, 6) is -0.359. The van der Waals surface area contributed by atoms with Crippen LogP contribution in [0.4, 0.5) is 5.69 Å². The number of nitrogens with two attached hydrogens (primary N) is 1. The van der Waals surface area contributed by atoms with Gasteiger partial charge in [0.25, 0.3) is 0 Å². The Hall–Kier alpha value is -2.59. The molecular weight excluding hydrogens is 306 g/mol. The molecule has 0 aliphatic heterocycles. The van der Waals surface area contributed by atoms with Crippen LogP contribution in [0.2, 0.25) is 0 Å². The zero-order valence-corrected chi connectivity index (χ0v) is 13.6. The van der Waals surface area contributed by atoms with Crippen molar-refractivity contribution in [3.63, 3.8) is 0 Å². The molecule has 0 saturated carbocycles. The zero-order valence-electron chi connectivity index (χ0n) is 12.8. The molecule has 3 rings (SSSR count). The average Bonchev–Trinajstić information content (AvgIpc) is 2.98. The zero-order chi connectivity index (χ0) is 16.2. The van der Waals surface area contributed by atoms with Gasteiger partial charge in [-0.25, -0.2) is 4.79 Å². The lowest BCUT2D eigenvalue weighted by atomic mass is 10.0. The molecule has 2 aromatic carbocycles. The van der Waals surface area contributed by atoms with Crippen LogP contribution < -0.4 is 5.73 Å². The van der Waals surface area contributed by atoms with Crippen LogP contribution in [-0.4, -0.2) is 12.6 Å². The van der Waals surface area contributed by atoms with Crippen molar-refractivity contribution in [1.29, 1.82) is 0 Å². The number of anilines is 1. The van der Waals surface area contributed by atoms with Gasteiger partial charge in [-0.05, 0) is 29.7 Å². The lowest BCUT2D eigenvalue weighted by Gasteiger charge is -2.03. The molecule has 0 spiro atoms. The topological polar surface area (TPSA) is 52.3 Å². The molecule has 3 nitrogen and oxygen atoms in total. The van der Waals surface area contributed by atoms with Crippen LogP contribution in [0, 0.1) is 0 Å². The van der Waals surface area contributed by atoms with Gasteiger partial charge in [0.15, 0.2) is 0 Å². The summed E-state index contributed by atoms with van der Waals surface area (Å²) in [5.41, 5.74) is 9.78. The fourth-order valence-electron chi connectivity index (χ4n) is 2.36. The summed E-state index contributed by atoms with van der Waals surface area (Å²) in [6, 6.07) is 20.3. The molecule has 0 bridgehead atoms. The summed E-state index contributed by atoms with van der Waals surface area (Å²) in [6.07, 6.45) is 0. The lowest BCUT2D eigenvalue weighted by molar-refractivity contribution is 0.0533. The van der Waals surface area contributed by atoms with Crippen LogP contribution in [0.15, 0.2) is 60.7 Å². The van der Waals surface area contributed by atoms with Crippen LogP contribution in [0.1, 0.15) is 16.6 Å². The maximum atomic E-state index is 11.9. The molecule has 0 fully saturated rings. The van der Waals surface area contributed by atoms with Crippen molar-refractivity contribution in [2.45, 2.75) is 6.92 Å². The van der Waals surface area contributed by atoms with Gasteiger partial charge in [-0.3, -0.25) is 0 Å². The summed E-state index contributed by atoms with van der Waals surface area (Å²) in [5, 5.41) is 0. The standard InChI is InChI=1S/C19H17NO2S/c1-2-22-19(21)18-16(20)12-17(23-18)15-10-8-14(9-11-15)13-6-4-3-5-7-13/h3-12H,2,20H2,1H3. The van der Waals surface area contributed by atoms with Crippen molar-refractivity contribution < 1.29 is 9.53 Å². The predicted molar refractivity (Wildman–Crippen MR) is 95.6 cm³/mol. The summed E-state index contributed by atoms with van der Waals surface area (Å²) in [6.45, 7) is 2.13. The number of thiophene rings is 1. The Bertz CT molecular complexity index is 807. The van der Waals surface area contributed by atoms with Gasteiger partial charge < -0.3 is 10.5 Å². The molecule has 0 aliphatic rings. The van der Waals surface area contributed by atoms with Crippen molar-refractivity contribution in [2.75, 3.05) is 12.3 Å². The van der Waals surface area contributed by atoms with E-state index in [-0.39, 0.29) is 5.97 Å². The maximum absolute atomic E-state index is 11.9. The average molecular weight is 323 g/mol. The minimum atomic E-state index is -0.359. The van der Waals surface area contributed by atoms with Crippen LogP contribution in [0.3, 0.4) is 0 Å². The molecule has 1 heterocycles. The summed E-state index contributed by atoms with van der Waals surface area (Å²) < 4.78 is 5.03. The third-order valence-corrected chi connectivity index (χ3v) is 4.68. The van der Waals surface area contributed by atoms with Crippen molar-refractivity contribution in [3.8, 4) is 21.6 Å². The molecule has 0 radical (unpaired) electrons. The van der Waals surface area contributed by atoms with Gasteiger partial charge in [-0.15, -0.1) is 11.3 Å². The van der Waals surface area contributed by atoms with Gasteiger partial charge in [0, 0.05) is 4.88 Å². The molecule has 1 aromatic heterocycles. The Kier molecular flexibility index (Phi) is 4.44. The van der Waals surface area contributed by atoms with E-state index in [0.717, 1.165) is 16.0 Å². The van der Waals surface area contributed by atoms with Crippen molar-refractivity contribution in [3.05, 3.63) is 65.5 Å². The van der Waals surface area contributed by atoms with E-state index in [4.69, 9.17) is 10.5 Å². The normalized spacial score (nSPS) is 10.5. The Morgan fingerprint density at radius 3 is 2.26 bits per heavy atom. The maximum Gasteiger partial charge on any atom is 0.350 e. The monoisotopic (exact) mass is 323 g/mol. The highest BCUT2D eigenvalue weighted by molar-refractivity contribution is 7.18. The Labute approximate surface area is 139 Å². The fourth-order valence-corrected chi connectivity index (χ4v) is 3.34. The van der Waals surface area contributed by atoms with Gasteiger partial charge in [0.05, 0.1) is 12.3 Å². The molecule has 3 aromatic rings. The number of carbonyl (C=O) groups is 1. The second-order valence-corrected chi connectivity index (χ2v) is 6.11. The van der Waals surface area contributed by atoms with E-state index in [0.29, 0.717) is 17.2 Å². The van der Waals surface area contributed by atoms with E-state index in [1.807, 2.05) is 36.4 Å². The molecule has 0 saturated heterocycles. The number of hydrogen-bond donors (Lipinski definition) is 1. The van der Waals surface area contributed by atoms with Crippen molar-refractivity contribution in [1.82, 2.24) is 0 Å². The van der Waals surface area contributed by atoms with Crippen molar-refractivity contribution in [2.24, 2.45) is 0 Å². The smallest absolute Gasteiger partial charge is 0.350 e. The third-order valence-electron chi connectivity index (χ3n) is 3.50. The Morgan fingerprint density at radius 2 is 1.61 bits per heavy atom. The molecule has 23 heavy (non-hydrogen) atoms. The Balaban J connectivity index is 1.88. The molecule has 0 atom stereocenters. The van der Waals surface area contributed by atoms with E-state index in [1.165, 1.54) is 16.9 Å². The summed E-state index contributed by atoms with van der Waals surface area (Å²) in [7, 11) is 0. The van der Waals surface area contributed by atoms with Gasteiger partial charge in [-0.2, -0.15) is 0 Å². The number of rotatable bonds is 4. The summed E-state index contributed by atoms with van der Waals surface area (Å²) >= 11 is 1.36. The second-order valence-electron chi connectivity index (χ2n) is 5.06. The first-order valence-electron chi connectivity index (χ1n) is 7.41. The second kappa shape index (κ2) is 6.67. The van der Waals surface area contributed by atoms with Gasteiger partial charge in [0.1, 0.15) is 4.88 Å². The van der Waals surface area contributed by atoms with Gasteiger partial charge in [0.2, 0.25) is 0 Å². The largest absolute Gasteiger partial charge is 0.462 e. The minimum Gasteiger partial charge on any atom is -0.462 e. The number of nitrogen functional groups attached to an aromatic ring is 1. The van der Waals surface area contributed by atoms with E-state index in [9.17, 15) is 4.79 Å². The van der Waals surface area contributed by atoms with Crippen molar-refractivity contribution >= 4 is 23.0 Å². The van der Waals surface area contributed by atoms with E-state index in [1.54, 1.807) is 6.92 Å².